The van der Waals surface area contributed by atoms with Gasteiger partial charge in [0.15, 0.2) is 5.11 Å². The minimum Gasteiger partial charge on any atom is -0.332 e. The van der Waals surface area contributed by atoms with Crippen LogP contribution >= 0.6 is 12.2 Å². The van der Waals surface area contributed by atoms with Crippen LogP contribution in [0.25, 0.3) is 0 Å². The molecule has 0 aliphatic heterocycles. The standard InChI is InChI=1S/C22H29N3O3S2/c1-4-5-6-7-11-20(26)24-22(29)23-18-12-14-19(15-13-18)30(27,28)25-21-16(2)9-8-10-17(21)3/h8-10,12-15,25H,4-7,11H2,1-3H3,(H2,23,24,26,29). The summed E-state index contributed by atoms with van der Waals surface area (Å²) >= 11 is 5.16. The zero-order valence-corrected chi connectivity index (χ0v) is 19.3. The molecule has 6 nitrogen and oxygen atoms in total. The largest absolute Gasteiger partial charge is 0.332 e. The van der Waals surface area contributed by atoms with Crippen molar-refractivity contribution in [2.24, 2.45) is 0 Å². The monoisotopic (exact) mass is 447 g/mol. The fourth-order valence-corrected chi connectivity index (χ4v) is 4.38. The number of sulfonamides is 1. The van der Waals surface area contributed by atoms with Crippen LogP contribution in [0.1, 0.15) is 50.2 Å². The van der Waals surface area contributed by atoms with E-state index >= 15 is 0 Å². The van der Waals surface area contributed by atoms with E-state index in [0.29, 0.717) is 17.8 Å². The number of para-hydroxylation sites is 1. The van der Waals surface area contributed by atoms with E-state index in [1.54, 1.807) is 12.1 Å². The molecule has 162 valence electrons. The van der Waals surface area contributed by atoms with Crippen molar-refractivity contribution in [3.05, 3.63) is 53.6 Å². The molecule has 3 N–H and O–H groups in total. The average Bonchev–Trinajstić information content (AvgIpc) is 2.68. The third kappa shape index (κ3) is 7.11. The summed E-state index contributed by atoms with van der Waals surface area (Å²) in [5.74, 6) is -0.124. The number of carbonyl (C=O) groups excluding carboxylic acids is 1. The number of benzene rings is 2. The zero-order chi connectivity index (χ0) is 22.1. The highest BCUT2D eigenvalue weighted by atomic mass is 32.2. The van der Waals surface area contributed by atoms with Crippen molar-refractivity contribution >= 4 is 44.6 Å². The zero-order valence-electron chi connectivity index (χ0n) is 17.6. The molecular weight excluding hydrogens is 418 g/mol. The van der Waals surface area contributed by atoms with E-state index in [0.717, 1.165) is 36.8 Å². The van der Waals surface area contributed by atoms with E-state index in [9.17, 15) is 13.2 Å². The maximum Gasteiger partial charge on any atom is 0.261 e. The fraction of sp³-hybridized carbons (Fsp3) is 0.364. The van der Waals surface area contributed by atoms with Gasteiger partial charge in [-0.2, -0.15) is 0 Å². The number of aryl methyl sites for hydroxylation is 2. The fourth-order valence-electron chi connectivity index (χ4n) is 2.95. The van der Waals surface area contributed by atoms with Gasteiger partial charge in [0, 0.05) is 12.1 Å². The van der Waals surface area contributed by atoms with Crippen LogP contribution in [0.2, 0.25) is 0 Å². The molecule has 30 heavy (non-hydrogen) atoms. The smallest absolute Gasteiger partial charge is 0.261 e. The van der Waals surface area contributed by atoms with Crippen LogP contribution in [0, 0.1) is 13.8 Å². The van der Waals surface area contributed by atoms with E-state index in [-0.39, 0.29) is 15.9 Å². The minimum absolute atomic E-state index is 0.124. The number of unbranched alkanes of at least 4 members (excludes halogenated alkanes) is 3. The van der Waals surface area contributed by atoms with Crippen LogP contribution in [-0.2, 0) is 14.8 Å². The lowest BCUT2D eigenvalue weighted by Crippen LogP contribution is -2.33. The first-order valence-corrected chi connectivity index (χ1v) is 11.9. The van der Waals surface area contributed by atoms with Crippen molar-refractivity contribution in [1.82, 2.24) is 5.32 Å². The predicted octanol–water partition coefficient (Wildman–Crippen LogP) is 4.89. The lowest BCUT2D eigenvalue weighted by molar-refractivity contribution is -0.119. The molecule has 0 saturated heterocycles. The summed E-state index contributed by atoms with van der Waals surface area (Å²) in [6.07, 6.45) is 4.53. The van der Waals surface area contributed by atoms with Gasteiger partial charge in [-0.15, -0.1) is 0 Å². The van der Waals surface area contributed by atoms with E-state index in [2.05, 4.69) is 22.3 Å². The van der Waals surface area contributed by atoms with Crippen molar-refractivity contribution in [1.29, 1.82) is 0 Å². The molecule has 0 aromatic heterocycles. The van der Waals surface area contributed by atoms with Gasteiger partial charge >= 0.3 is 0 Å². The Kier molecular flexibility index (Phi) is 8.80. The highest BCUT2D eigenvalue weighted by Gasteiger charge is 2.16. The molecule has 0 atom stereocenters. The number of rotatable bonds is 9. The second-order valence-corrected chi connectivity index (χ2v) is 9.30. The third-order valence-electron chi connectivity index (χ3n) is 4.65. The molecule has 0 fully saturated rings. The molecule has 0 heterocycles. The Morgan fingerprint density at radius 1 is 0.967 bits per heavy atom. The Morgan fingerprint density at radius 3 is 2.20 bits per heavy atom. The maximum atomic E-state index is 12.7. The van der Waals surface area contributed by atoms with Crippen LogP contribution in [0.15, 0.2) is 47.4 Å². The van der Waals surface area contributed by atoms with E-state index in [4.69, 9.17) is 12.2 Å². The SMILES string of the molecule is CCCCCCC(=O)NC(=S)Nc1ccc(S(=O)(=O)Nc2c(C)cccc2C)cc1. The molecule has 1 amide bonds. The number of thiocarbonyl (C=S) groups is 1. The van der Waals surface area contributed by atoms with Gasteiger partial charge in [0.25, 0.3) is 10.0 Å². The second kappa shape index (κ2) is 11.1. The van der Waals surface area contributed by atoms with Crippen molar-refractivity contribution in [2.45, 2.75) is 57.8 Å². The van der Waals surface area contributed by atoms with Crippen molar-refractivity contribution in [3.63, 3.8) is 0 Å². The summed E-state index contributed by atoms with van der Waals surface area (Å²) < 4.78 is 28.1. The molecule has 0 bridgehead atoms. The molecule has 0 radical (unpaired) electrons. The number of amides is 1. The highest BCUT2D eigenvalue weighted by molar-refractivity contribution is 7.92. The molecule has 2 aromatic carbocycles. The van der Waals surface area contributed by atoms with Crippen molar-refractivity contribution in [3.8, 4) is 0 Å². The van der Waals surface area contributed by atoms with E-state index in [1.165, 1.54) is 12.1 Å². The molecule has 0 spiro atoms. The summed E-state index contributed by atoms with van der Waals surface area (Å²) in [5.41, 5.74) is 2.89. The Morgan fingerprint density at radius 2 is 1.60 bits per heavy atom. The van der Waals surface area contributed by atoms with Gasteiger partial charge in [0.2, 0.25) is 5.91 Å². The van der Waals surface area contributed by atoms with Crippen LogP contribution in [0.3, 0.4) is 0 Å². The van der Waals surface area contributed by atoms with Gasteiger partial charge in [-0.1, -0.05) is 44.4 Å². The topological polar surface area (TPSA) is 87.3 Å². The summed E-state index contributed by atoms with van der Waals surface area (Å²) in [5, 5.41) is 5.75. The van der Waals surface area contributed by atoms with Gasteiger partial charge in [0.1, 0.15) is 0 Å². The number of hydrogen-bond donors (Lipinski definition) is 3. The van der Waals surface area contributed by atoms with Gasteiger partial charge in [-0.25, -0.2) is 8.42 Å². The van der Waals surface area contributed by atoms with Gasteiger partial charge < -0.3 is 10.6 Å². The maximum absolute atomic E-state index is 12.7. The highest BCUT2D eigenvalue weighted by Crippen LogP contribution is 2.24. The summed E-state index contributed by atoms with van der Waals surface area (Å²) in [4.78, 5) is 12.0. The first kappa shape index (κ1) is 23.8. The van der Waals surface area contributed by atoms with Gasteiger partial charge in [-0.3, -0.25) is 9.52 Å². The number of hydrogen-bond acceptors (Lipinski definition) is 4. The number of anilines is 2. The normalized spacial score (nSPS) is 11.0. The Hall–Kier alpha value is -2.45. The van der Waals surface area contributed by atoms with Crippen LogP contribution < -0.4 is 15.4 Å². The second-order valence-electron chi connectivity index (χ2n) is 7.21. The van der Waals surface area contributed by atoms with E-state index in [1.807, 2.05) is 32.0 Å². The lowest BCUT2D eigenvalue weighted by atomic mass is 10.1. The van der Waals surface area contributed by atoms with Gasteiger partial charge in [0.05, 0.1) is 10.6 Å². The predicted molar refractivity (Wildman–Crippen MR) is 126 cm³/mol. The van der Waals surface area contributed by atoms with E-state index < -0.39 is 10.0 Å². The third-order valence-corrected chi connectivity index (χ3v) is 6.22. The average molecular weight is 448 g/mol. The molecule has 0 aliphatic rings. The molecule has 0 saturated carbocycles. The lowest BCUT2D eigenvalue weighted by Gasteiger charge is -2.14. The quantitative estimate of drug-likeness (QED) is 0.376. The Labute approximate surface area is 184 Å². The Bertz CT molecular complexity index is 967. The Balaban J connectivity index is 1.95. The molecule has 0 unspecified atom stereocenters. The van der Waals surface area contributed by atoms with Crippen molar-refractivity contribution in [2.75, 3.05) is 10.0 Å². The summed E-state index contributed by atoms with van der Waals surface area (Å²) in [6, 6.07) is 11.8. The number of nitrogens with one attached hydrogen (secondary N) is 3. The van der Waals surface area contributed by atoms with Crippen LogP contribution in [0.4, 0.5) is 11.4 Å². The number of carbonyl (C=O) groups is 1. The first-order chi connectivity index (χ1) is 14.2. The van der Waals surface area contributed by atoms with Crippen LogP contribution in [-0.4, -0.2) is 19.4 Å². The molecule has 0 aliphatic carbocycles. The van der Waals surface area contributed by atoms with Crippen molar-refractivity contribution < 1.29 is 13.2 Å². The molecule has 2 rings (SSSR count). The first-order valence-electron chi connectivity index (χ1n) is 10.0. The van der Waals surface area contributed by atoms with Crippen LogP contribution in [0.5, 0.6) is 0 Å². The molecule has 8 heteroatoms. The van der Waals surface area contributed by atoms with Gasteiger partial charge in [-0.05, 0) is 67.9 Å². The molecule has 2 aromatic rings. The summed E-state index contributed by atoms with van der Waals surface area (Å²) in [7, 11) is -3.72. The molecular formula is C22H29N3O3S2. The summed E-state index contributed by atoms with van der Waals surface area (Å²) in [6.45, 7) is 5.84. The minimum atomic E-state index is -3.72.